The molecule has 1 heterocycles. The van der Waals surface area contributed by atoms with Crippen molar-refractivity contribution in [3.8, 4) is 0 Å². The van der Waals surface area contributed by atoms with Crippen molar-refractivity contribution in [2.45, 2.75) is 58.2 Å². The van der Waals surface area contributed by atoms with E-state index in [1.54, 1.807) is 0 Å². The molecule has 0 aliphatic rings. The van der Waals surface area contributed by atoms with E-state index >= 15 is 0 Å². The van der Waals surface area contributed by atoms with Crippen LogP contribution in [0.25, 0.3) is 17.0 Å². The fraction of sp³-hybridized carbons (Fsp3) is 0.409. The van der Waals surface area contributed by atoms with Gasteiger partial charge in [0.15, 0.2) is 8.24 Å². The van der Waals surface area contributed by atoms with Crippen molar-refractivity contribution in [1.29, 1.82) is 0 Å². The van der Waals surface area contributed by atoms with Gasteiger partial charge in [0.05, 0.1) is 0 Å². The third-order valence-corrected chi connectivity index (χ3v) is 12.0. The van der Waals surface area contributed by atoms with E-state index in [1.165, 1.54) is 16.5 Å². The smallest absolute Gasteiger partial charge is 0 e. The van der Waals surface area contributed by atoms with Crippen LogP contribution in [-0.4, -0.2) is 12.5 Å². The summed E-state index contributed by atoms with van der Waals surface area (Å²) in [7, 11) is -1.67. The molecule has 1 aromatic heterocycles. The van der Waals surface area contributed by atoms with E-state index in [1.807, 2.05) is 6.08 Å². The number of hydrogen-bond donors (Lipinski definition) is 0. The number of fused-ring (bicyclic) bond motifs is 1. The molecular weight excluding hydrogens is 406 g/mol. The molecule has 0 saturated heterocycles. The predicted octanol–water partition coefficient (Wildman–Crippen LogP) is 6.19. The van der Waals surface area contributed by atoms with E-state index in [4.69, 9.17) is 14.0 Å². The maximum atomic E-state index is 7.50. The van der Waals surface area contributed by atoms with Crippen LogP contribution in [-0.2, 0) is 31.3 Å². The molecule has 0 aliphatic carbocycles. The third-order valence-electron chi connectivity index (χ3n) is 5.18. The molecule has 0 spiro atoms. The van der Waals surface area contributed by atoms with Crippen molar-refractivity contribution < 1.29 is 31.3 Å². The molecule has 2 aromatic rings. The Kier molecular flexibility index (Phi) is 17.1. The Labute approximate surface area is 181 Å². The second-order valence-corrected chi connectivity index (χ2v) is 12.7. The monoisotopic (exact) mass is 435 g/mol. The van der Waals surface area contributed by atoms with Gasteiger partial charge in [-0.15, -0.1) is 0 Å². The van der Waals surface area contributed by atoms with Gasteiger partial charge in [0.25, 0.3) is 0 Å². The number of rotatable bonds is 5. The number of hydrogen-bond acceptors (Lipinski definition) is 0. The van der Waals surface area contributed by atoms with Gasteiger partial charge in [0.2, 0.25) is 0 Å². The summed E-state index contributed by atoms with van der Waals surface area (Å²) in [5, 5.41) is 1.34. The second kappa shape index (κ2) is 15.4. The van der Waals surface area contributed by atoms with Crippen molar-refractivity contribution in [1.82, 2.24) is 4.23 Å². The van der Waals surface area contributed by atoms with Gasteiger partial charge >= 0.3 is 33.9 Å². The van der Waals surface area contributed by atoms with Crippen LogP contribution in [0.2, 0.25) is 16.6 Å². The summed E-state index contributed by atoms with van der Waals surface area (Å²) < 4.78 is 25.2. The van der Waals surface area contributed by atoms with Crippen molar-refractivity contribution in [2.75, 3.05) is 0 Å². The Morgan fingerprint density at radius 3 is 1.64 bits per heavy atom. The number of aromatic nitrogens is 1. The standard InChI is InChI=1S/C19H29NSi.3CO.Cr/c1-8-17-10-9-11-19-18(17)12-13-20(19)21(14(2)3,15(4)5)16(6)7;3*1-2;/h8-16H,1H2,2-7H3;;;;. The molecule has 1 aromatic carbocycles. The summed E-state index contributed by atoms with van der Waals surface area (Å²) in [4.78, 5) is 0. The molecule has 28 heavy (non-hydrogen) atoms. The Balaban J connectivity index is -0.000000815. The molecule has 6 heteroatoms. The minimum Gasteiger partial charge on any atom is 0 e. The maximum Gasteiger partial charge on any atom is 0 e. The second-order valence-electron chi connectivity index (χ2n) is 7.02. The minimum atomic E-state index is -1.67. The fourth-order valence-electron chi connectivity index (χ4n) is 4.54. The van der Waals surface area contributed by atoms with Crippen molar-refractivity contribution >= 4 is 25.2 Å². The number of benzene rings is 1. The van der Waals surface area contributed by atoms with Gasteiger partial charge in [0.1, 0.15) is 0 Å². The molecule has 0 amide bonds. The minimum absolute atomic E-state index is 0. The summed E-state index contributed by atoms with van der Waals surface area (Å²) in [6.45, 7) is 31.9. The van der Waals surface area contributed by atoms with Gasteiger partial charge in [-0.3, -0.25) is 0 Å². The Morgan fingerprint density at radius 2 is 1.29 bits per heavy atom. The predicted molar refractivity (Wildman–Crippen MR) is 110 cm³/mol. The van der Waals surface area contributed by atoms with Crippen LogP contribution in [0.5, 0.6) is 0 Å². The molecule has 0 atom stereocenters. The summed E-state index contributed by atoms with van der Waals surface area (Å²) in [5.41, 5.74) is 4.75. The number of nitrogens with zero attached hydrogens (tertiary/aromatic N) is 1. The molecule has 0 radical (unpaired) electrons. The van der Waals surface area contributed by atoms with E-state index in [-0.39, 0.29) is 17.4 Å². The topological polar surface area (TPSA) is 64.6 Å². The van der Waals surface area contributed by atoms with Gasteiger partial charge < -0.3 is 4.23 Å². The first-order valence-electron chi connectivity index (χ1n) is 8.71. The van der Waals surface area contributed by atoms with Crippen LogP contribution in [0.15, 0.2) is 37.0 Å². The van der Waals surface area contributed by atoms with E-state index < -0.39 is 8.24 Å². The van der Waals surface area contributed by atoms with E-state index in [0.29, 0.717) is 16.6 Å². The summed E-state index contributed by atoms with van der Waals surface area (Å²) in [5.74, 6) is 0. The zero-order valence-corrected chi connectivity index (χ0v) is 19.8. The first-order chi connectivity index (χ1) is 12.9. The third kappa shape index (κ3) is 5.98. The van der Waals surface area contributed by atoms with Crippen LogP contribution < -0.4 is 0 Å². The molecule has 150 valence electrons. The molecule has 0 saturated carbocycles. The summed E-state index contributed by atoms with van der Waals surface area (Å²) >= 11 is 0. The van der Waals surface area contributed by atoms with Crippen LogP contribution >= 0.6 is 0 Å². The Hall–Kier alpha value is -1.53. The van der Waals surface area contributed by atoms with Crippen LogP contribution in [0.1, 0.15) is 47.1 Å². The van der Waals surface area contributed by atoms with Gasteiger partial charge in [-0.05, 0) is 40.5 Å². The first-order valence-corrected chi connectivity index (χ1v) is 10.9. The zero-order valence-electron chi connectivity index (χ0n) is 17.5. The molecule has 0 fully saturated rings. The summed E-state index contributed by atoms with van der Waals surface area (Å²) in [6.07, 6.45) is 4.31. The van der Waals surface area contributed by atoms with Gasteiger partial charge in [-0.1, -0.05) is 66.3 Å². The molecule has 0 bridgehead atoms. The fourth-order valence-corrected chi connectivity index (χ4v) is 11.2. The Bertz CT molecular complexity index is 737. The molecular formula is C22H29CrNO3Si. The quantitative estimate of drug-likeness (QED) is 0.305. The zero-order chi connectivity index (χ0) is 21.8. The largest absolute Gasteiger partial charge is 0 e. The average Bonchev–Trinajstić information content (AvgIpc) is 3.10. The molecule has 4 nitrogen and oxygen atoms in total. The SMILES string of the molecule is C=Cc1cccc2c1ccn2[Si](C(C)C)(C(C)C)C(C)C.[C-]#[O+].[C-]#[O+].[C-]#[O+].[Cr]. The van der Waals surface area contributed by atoms with Gasteiger partial charge in [-0.25, -0.2) is 0 Å². The molecule has 0 aliphatic heterocycles. The molecule has 0 unspecified atom stereocenters. The van der Waals surface area contributed by atoms with Gasteiger partial charge in [-0.2, -0.15) is 0 Å². The molecule has 2 rings (SSSR count). The van der Waals surface area contributed by atoms with Gasteiger partial charge in [0, 0.05) is 28.3 Å². The maximum absolute atomic E-state index is 7.50. The first kappa shape index (κ1) is 31.2. The average molecular weight is 436 g/mol. The van der Waals surface area contributed by atoms with E-state index in [0.717, 1.165) is 0 Å². The van der Waals surface area contributed by atoms with Crippen molar-refractivity contribution in [2.24, 2.45) is 0 Å². The van der Waals surface area contributed by atoms with E-state index in [9.17, 15) is 0 Å². The van der Waals surface area contributed by atoms with Crippen LogP contribution in [0.4, 0.5) is 0 Å². The molecule has 0 N–H and O–H groups in total. The normalized spacial score (nSPS) is 9.82. The van der Waals surface area contributed by atoms with Crippen molar-refractivity contribution in [3.05, 3.63) is 62.6 Å². The van der Waals surface area contributed by atoms with Crippen LogP contribution in [0.3, 0.4) is 0 Å². The van der Waals surface area contributed by atoms with E-state index in [2.05, 4.69) is 103 Å². The van der Waals surface area contributed by atoms with Crippen LogP contribution in [0, 0.1) is 20.0 Å². The Morgan fingerprint density at radius 1 is 0.857 bits per heavy atom. The van der Waals surface area contributed by atoms with Crippen molar-refractivity contribution in [3.63, 3.8) is 0 Å². The summed E-state index contributed by atoms with van der Waals surface area (Å²) in [6, 6.07) is 8.87.